The van der Waals surface area contributed by atoms with E-state index in [9.17, 15) is 14.7 Å². The molecule has 0 atom stereocenters. The SMILES string of the molecule is Cc1ccc(C(=O)NC(C)(C)C(C)(C)C(=O)O)cc1Cl. The third-order valence-corrected chi connectivity index (χ3v) is 4.36. The van der Waals surface area contributed by atoms with Gasteiger partial charge in [-0.25, -0.2) is 0 Å². The summed E-state index contributed by atoms with van der Waals surface area (Å²) in [4.78, 5) is 23.5. The van der Waals surface area contributed by atoms with Gasteiger partial charge in [-0.2, -0.15) is 0 Å². The van der Waals surface area contributed by atoms with Crippen molar-refractivity contribution in [3.05, 3.63) is 34.3 Å². The van der Waals surface area contributed by atoms with Crippen LogP contribution in [0.2, 0.25) is 5.02 Å². The predicted molar refractivity (Wildman–Crippen MR) is 79.2 cm³/mol. The molecule has 0 aromatic heterocycles. The van der Waals surface area contributed by atoms with Crippen LogP contribution in [0.15, 0.2) is 18.2 Å². The van der Waals surface area contributed by atoms with Crippen molar-refractivity contribution < 1.29 is 14.7 Å². The first kappa shape index (κ1) is 16.5. The Morgan fingerprint density at radius 2 is 1.75 bits per heavy atom. The van der Waals surface area contributed by atoms with Gasteiger partial charge in [-0.1, -0.05) is 17.7 Å². The van der Waals surface area contributed by atoms with Crippen LogP contribution in [0.3, 0.4) is 0 Å². The van der Waals surface area contributed by atoms with Crippen molar-refractivity contribution in [2.75, 3.05) is 0 Å². The van der Waals surface area contributed by atoms with Crippen molar-refractivity contribution in [1.29, 1.82) is 0 Å². The van der Waals surface area contributed by atoms with Gasteiger partial charge in [0.1, 0.15) is 0 Å². The summed E-state index contributed by atoms with van der Waals surface area (Å²) < 4.78 is 0. The summed E-state index contributed by atoms with van der Waals surface area (Å²) in [5, 5.41) is 12.5. The molecule has 1 rings (SSSR count). The summed E-state index contributed by atoms with van der Waals surface area (Å²) in [6.07, 6.45) is 0. The molecule has 1 amide bonds. The molecule has 0 saturated carbocycles. The minimum Gasteiger partial charge on any atom is -0.481 e. The van der Waals surface area contributed by atoms with Crippen LogP contribution in [0, 0.1) is 12.3 Å². The van der Waals surface area contributed by atoms with Gasteiger partial charge >= 0.3 is 5.97 Å². The fraction of sp³-hybridized carbons (Fsp3) is 0.467. The molecule has 0 radical (unpaired) electrons. The molecule has 5 heteroatoms. The highest BCUT2D eigenvalue weighted by Crippen LogP contribution is 2.31. The Labute approximate surface area is 124 Å². The van der Waals surface area contributed by atoms with Crippen molar-refractivity contribution in [2.24, 2.45) is 5.41 Å². The van der Waals surface area contributed by atoms with E-state index in [4.69, 9.17) is 11.6 Å². The Bertz CT molecular complexity index is 550. The lowest BCUT2D eigenvalue weighted by atomic mass is 9.74. The predicted octanol–water partition coefficient (Wildman–Crippen LogP) is 3.27. The highest BCUT2D eigenvalue weighted by molar-refractivity contribution is 6.31. The maximum absolute atomic E-state index is 12.2. The fourth-order valence-corrected chi connectivity index (χ4v) is 1.69. The van der Waals surface area contributed by atoms with Gasteiger partial charge in [-0.3, -0.25) is 9.59 Å². The number of aliphatic carboxylic acids is 1. The van der Waals surface area contributed by atoms with Crippen LogP contribution in [0.5, 0.6) is 0 Å². The summed E-state index contributed by atoms with van der Waals surface area (Å²) >= 11 is 6.00. The van der Waals surface area contributed by atoms with Gasteiger partial charge in [0.05, 0.1) is 11.0 Å². The summed E-state index contributed by atoms with van der Waals surface area (Å²) in [6.45, 7) is 8.39. The molecule has 0 spiro atoms. The topological polar surface area (TPSA) is 66.4 Å². The van der Waals surface area contributed by atoms with Crippen molar-refractivity contribution in [2.45, 2.75) is 40.2 Å². The molecule has 4 nitrogen and oxygen atoms in total. The van der Waals surface area contributed by atoms with Crippen LogP contribution in [0.4, 0.5) is 0 Å². The molecule has 0 bridgehead atoms. The van der Waals surface area contributed by atoms with Crippen molar-refractivity contribution in [1.82, 2.24) is 5.32 Å². The average molecular weight is 298 g/mol. The molecule has 0 aliphatic carbocycles. The van der Waals surface area contributed by atoms with Crippen molar-refractivity contribution in [3.63, 3.8) is 0 Å². The summed E-state index contributed by atoms with van der Waals surface area (Å²) in [6, 6.07) is 5.00. The quantitative estimate of drug-likeness (QED) is 0.896. The van der Waals surface area contributed by atoms with Gasteiger partial charge in [-0.15, -0.1) is 0 Å². The molecule has 110 valence electrons. The highest BCUT2D eigenvalue weighted by atomic mass is 35.5. The number of carbonyl (C=O) groups excluding carboxylic acids is 1. The van der Waals surface area contributed by atoms with Crippen molar-refractivity contribution in [3.8, 4) is 0 Å². The normalized spacial score (nSPS) is 12.1. The van der Waals surface area contributed by atoms with E-state index in [0.717, 1.165) is 5.56 Å². The second-order valence-electron chi connectivity index (χ2n) is 5.97. The minimum absolute atomic E-state index is 0.341. The van der Waals surface area contributed by atoms with Gasteiger partial charge < -0.3 is 10.4 Å². The molecule has 0 fully saturated rings. The first-order valence-electron chi connectivity index (χ1n) is 6.31. The second-order valence-corrected chi connectivity index (χ2v) is 6.38. The average Bonchev–Trinajstić information content (AvgIpc) is 2.31. The first-order valence-corrected chi connectivity index (χ1v) is 6.69. The van der Waals surface area contributed by atoms with Crippen LogP contribution < -0.4 is 5.32 Å². The van der Waals surface area contributed by atoms with E-state index < -0.39 is 16.9 Å². The number of carbonyl (C=O) groups is 2. The van der Waals surface area contributed by atoms with Crippen LogP contribution in [-0.4, -0.2) is 22.5 Å². The number of hydrogen-bond donors (Lipinski definition) is 2. The van der Waals surface area contributed by atoms with Gasteiger partial charge in [-0.05, 0) is 52.3 Å². The monoisotopic (exact) mass is 297 g/mol. The number of nitrogens with one attached hydrogen (secondary N) is 1. The molecule has 1 aromatic carbocycles. The number of benzene rings is 1. The Hall–Kier alpha value is -1.55. The lowest BCUT2D eigenvalue weighted by Crippen LogP contribution is -2.56. The van der Waals surface area contributed by atoms with Crippen LogP contribution in [0.1, 0.15) is 43.6 Å². The maximum atomic E-state index is 12.2. The molecule has 20 heavy (non-hydrogen) atoms. The van der Waals surface area contributed by atoms with Crippen LogP contribution >= 0.6 is 11.6 Å². The third-order valence-electron chi connectivity index (χ3n) is 3.96. The minimum atomic E-state index is -1.10. The Morgan fingerprint density at radius 3 is 2.20 bits per heavy atom. The first-order chi connectivity index (χ1) is 8.99. The second kappa shape index (κ2) is 5.44. The highest BCUT2D eigenvalue weighted by Gasteiger charge is 2.44. The Balaban J connectivity index is 3.00. The maximum Gasteiger partial charge on any atom is 0.311 e. The summed E-state index contributed by atoms with van der Waals surface area (Å²) in [5.41, 5.74) is -0.715. The van der Waals surface area contributed by atoms with Crippen molar-refractivity contribution >= 4 is 23.5 Å². The van der Waals surface area contributed by atoms with Gasteiger partial charge in [0, 0.05) is 10.6 Å². The standard InChI is InChI=1S/C15H20ClNO3/c1-9-6-7-10(8-11(9)16)12(18)17-15(4,5)14(2,3)13(19)20/h6-8H,1-5H3,(H,17,18)(H,19,20). The molecule has 0 saturated heterocycles. The number of carboxylic acid groups (broad SMARTS) is 1. The zero-order valence-electron chi connectivity index (χ0n) is 12.4. The smallest absolute Gasteiger partial charge is 0.311 e. The molecular formula is C15H20ClNO3. The Kier molecular flexibility index (Phi) is 4.49. The molecule has 0 unspecified atom stereocenters. The summed E-state index contributed by atoms with van der Waals surface area (Å²) in [7, 11) is 0. The zero-order valence-corrected chi connectivity index (χ0v) is 13.1. The molecule has 0 aliphatic rings. The lowest BCUT2D eigenvalue weighted by molar-refractivity contribution is -0.150. The number of aryl methyl sites for hydroxylation is 1. The van der Waals surface area contributed by atoms with E-state index in [1.165, 1.54) is 0 Å². The molecule has 0 aliphatic heterocycles. The van der Waals surface area contributed by atoms with Crippen LogP contribution in [-0.2, 0) is 4.79 Å². The molecule has 2 N–H and O–H groups in total. The zero-order chi connectivity index (χ0) is 15.7. The van der Waals surface area contributed by atoms with E-state index in [1.54, 1.807) is 45.9 Å². The summed E-state index contributed by atoms with van der Waals surface area (Å²) in [5.74, 6) is -1.31. The van der Waals surface area contributed by atoms with E-state index in [0.29, 0.717) is 10.6 Å². The number of hydrogen-bond acceptors (Lipinski definition) is 2. The number of amides is 1. The van der Waals surface area contributed by atoms with E-state index in [2.05, 4.69) is 5.32 Å². The lowest BCUT2D eigenvalue weighted by Gasteiger charge is -2.38. The molecule has 1 aromatic rings. The number of halogens is 1. The van der Waals surface area contributed by atoms with E-state index in [1.807, 2.05) is 6.92 Å². The molecule has 0 heterocycles. The van der Waals surface area contributed by atoms with Crippen LogP contribution in [0.25, 0.3) is 0 Å². The number of carboxylic acids is 1. The van der Waals surface area contributed by atoms with Gasteiger partial charge in [0.25, 0.3) is 5.91 Å². The fourth-order valence-electron chi connectivity index (χ4n) is 1.51. The van der Waals surface area contributed by atoms with E-state index in [-0.39, 0.29) is 5.91 Å². The Morgan fingerprint density at radius 1 is 1.20 bits per heavy atom. The third kappa shape index (κ3) is 3.12. The molecular weight excluding hydrogens is 278 g/mol. The van der Waals surface area contributed by atoms with Gasteiger partial charge in [0.15, 0.2) is 0 Å². The van der Waals surface area contributed by atoms with Gasteiger partial charge in [0.2, 0.25) is 0 Å². The largest absolute Gasteiger partial charge is 0.481 e. The van der Waals surface area contributed by atoms with E-state index >= 15 is 0 Å². The number of rotatable bonds is 4.